The van der Waals surface area contributed by atoms with Gasteiger partial charge in [0.2, 0.25) is 5.43 Å². The molecule has 5 heteroatoms. The molecule has 0 bridgehead atoms. The third-order valence-corrected chi connectivity index (χ3v) is 4.98. The van der Waals surface area contributed by atoms with Gasteiger partial charge < -0.3 is 14.3 Å². The molecule has 5 nitrogen and oxygen atoms in total. The summed E-state index contributed by atoms with van der Waals surface area (Å²) in [6, 6.07) is 12.7. The molecule has 0 spiro atoms. The van der Waals surface area contributed by atoms with Crippen molar-refractivity contribution in [3.8, 4) is 16.9 Å². The molecule has 1 aliphatic heterocycles. The Morgan fingerprint density at radius 3 is 2.48 bits per heavy atom. The van der Waals surface area contributed by atoms with Gasteiger partial charge in [0.1, 0.15) is 17.6 Å². The molecule has 2 aromatic carbocycles. The summed E-state index contributed by atoms with van der Waals surface area (Å²) >= 11 is 0. The summed E-state index contributed by atoms with van der Waals surface area (Å²) < 4.78 is 11.6. The van der Waals surface area contributed by atoms with E-state index in [2.05, 4.69) is 4.90 Å². The van der Waals surface area contributed by atoms with E-state index < -0.39 is 0 Å². The van der Waals surface area contributed by atoms with Crippen LogP contribution in [0.25, 0.3) is 22.1 Å². The van der Waals surface area contributed by atoms with Crippen molar-refractivity contribution in [2.45, 2.75) is 32.6 Å². The second-order valence-electron chi connectivity index (χ2n) is 7.24. The normalized spacial score (nSPS) is 20.8. The average molecular weight is 365 g/mol. The van der Waals surface area contributed by atoms with E-state index in [1.807, 2.05) is 44.2 Å². The van der Waals surface area contributed by atoms with Crippen LogP contribution in [0.2, 0.25) is 0 Å². The minimum Gasteiger partial charge on any atom is -0.507 e. The van der Waals surface area contributed by atoms with Crippen molar-refractivity contribution in [3.63, 3.8) is 0 Å². The van der Waals surface area contributed by atoms with Crippen LogP contribution in [0.4, 0.5) is 0 Å². The van der Waals surface area contributed by atoms with E-state index in [4.69, 9.17) is 9.15 Å². The SMILES string of the molecule is C[C@@H]1CN(Cc2c(O)ccc3c(=O)c(-c4ccccc4)coc23)C[C@@H](C)O1. The first-order valence-corrected chi connectivity index (χ1v) is 9.22. The van der Waals surface area contributed by atoms with Crippen LogP contribution in [0.5, 0.6) is 5.75 Å². The molecule has 0 radical (unpaired) electrons. The van der Waals surface area contributed by atoms with Crippen molar-refractivity contribution >= 4 is 11.0 Å². The summed E-state index contributed by atoms with van der Waals surface area (Å²) in [5.74, 6) is 0.143. The fourth-order valence-electron chi connectivity index (χ4n) is 3.85. The average Bonchev–Trinajstić information content (AvgIpc) is 2.64. The second kappa shape index (κ2) is 7.18. The van der Waals surface area contributed by atoms with Crippen LogP contribution in [0.15, 0.2) is 57.9 Å². The summed E-state index contributed by atoms with van der Waals surface area (Å²) in [6.07, 6.45) is 1.75. The molecule has 2 heterocycles. The van der Waals surface area contributed by atoms with Gasteiger partial charge in [0.05, 0.1) is 28.7 Å². The van der Waals surface area contributed by atoms with E-state index in [1.165, 1.54) is 6.26 Å². The highest BCUT2D eigenvalue weighted by Gasteiger charge is 2.24. The monoisotopic (exact) mass is 365 g/mol. The number of aromatic hydroxyl groups is 1. The third-order valence-electron chi connectivity index (χ3n) is 4.98. The molecule has 1 aromatic heterocycles. The molecule has 3 aromatic rings. The molecule has 1 fully saturated rings. The van der Waals surface area contributed by atoms with Crippen LogP contribution >= 0.6 is 0 Å². The highest BCUT2D eigenvalue weighted by atomic mass is 16.5. The smallest absolute Gasteiger partial charge is 0.200 e. The van der Waals surface area contributed by atoms with E-state index in [0.717, 1.165) is 18.7 Å². The number of phenols is 1. The number of hydrogen-bond acceptors (Lipinski definition) is 5. The first-order valence-electron chi connectivity index (χ1n) is 9.22. The summed E-state index contributed by atoms with van der Waals surface area (Å²) in [5.41, 5.74) is 2.34. The Bertz CT molecular complexity index is 1000. The fourth-order valence-corrected chi connectivity index (χ4v) is 3.85. The topological polar surface area (TPSA) is 62.9 Å². The summed E-state index contributed by atoms with van der Waals surface area (Å²) in [7, 11) is 0. The predicted octanol–water partition coefficient (Wildman–Crippen LogP) is 3.77. The maximum absolute atomic E-state index is 13.0. The van der Waals surface area contributed by atoms with Crippen molar-refractivity contribution in [2.75, 3.05) is 13.1 Å². The van der Waals surface area contributed by atoms with Crippen LogP contribution in [-0.2, 0) is 11.3 Å². The zero-order valence-corrected chi connectivity index (χ0v) is 15.5. The molecule has 0 saturated carbocycles. The molecule has 2 atom stereocenters. The molecule has 1 aliphatic rings. The summed E-state index contributed by atoms with van der Waals surface area (Å²) in [6.45, 7) is 6.13. The van der Waals surface area contributed by atoms with E-state index in [9.17, 15) is 9.90 Å². The van der Waals surface area contributed by atoms with Gasteiger partial charge in [-0.2, -0.15) is 0 Å². The van der Waals surface area contributed by atoms with Crippen LogP contribution in [0, 0.1) is 0 Å². The van der Waals surface area contributed by atoms with Crippen molar-refractivity contribution < 1.29 is 14.3 Å². The first-order chi connectivity index (χ1) is 13.0. The lowest BCUT2D eigenvalue weighted by Crippen LogP contribution is -2.44. The number of nitrogens with zero attached hydrogens (tertiary/aromatic N) is 1. The van der Waals surface area contributed by atoms with Crippen LogP contribution in [0.3, 0.4) is 0 Å². The molecular weight excluding hydrogens is 342 g/mol. The maximum atomic E-state index is 13.0. The Hall–Kier alpha value is -2.63. The third kappa shape index (κ3) is 3.48. The van der Waals surface area contributed by atoms with Gasteiger partial charge in [-0.3, -0.25) is 9.69 Å². The van der Waals surface area contributed by atoms with Gasteiger partial charge >= 0.3 is 0 Å². The molecule has 1 saturated heterocycles. The standard InChI is InChI=1S/C22H23NO4/c1-14-10-23(11-15(2)27-14)12-18-20(24)9-8-17-21(25)19(13-26-22(17)18)16-6-4-3-5-7-16/h3-9,13-15,24H,10-12H2,1-2H3/t14-,15-/m1/s1. The van der Waals surface area contributed by atoms with Gasteiger partial charge in [0, 0.05) is 19.6 Å². The molecule has 27 heavy (non-hydrogen) atoms. The van der Waals surface area contributed by atoms with Gasteiger partial charge in [-0.15, -0.1) is 0 Å². The Morgan fingerprint density at radius 1 is 1.07 bits per heavy atom. The minimum atomic E-state index is -0.0904. The fraction of sp³-hybridized carbons (Fsp3) is 0.318. The Kier molecular flexibility index (Phi) is 4.72. The summed E-state index contributed by atoms with van der Waals surface area (Å²) in [4.78, 5) is 15.2. The number of morpholine rings is 1. The molecule has 0 amide bonds. The van der Waals surface area contributed by atoms with E-state index in [1.54, 1.807) is 12.1 Å². The Morgan fingerprint density at radius 2 is 1.78 bits per heavy atom. The number of benzene rings is 2. The first kappa shape index (κ1) is 17.8. The van der Waals surface area contributed by atoms with Crippen LogP contribution < -0.4 is 5.43 Å². The lowest BCUT2D eigenvalue weighted by atomic mass is 10.0. The van der Waals surface area contributed by atoms with Crippen molar-refractivity contribution in [2.24, 2.45) is 0 Å². The van der Waals surface area contributed by atoms with Crippen molar-refractivity contribution in [3.05, 3.63) is 64.5 Å². The van der Waals surface area contributed by atoms with E-state index in [-0.39, 0.29) is 23.4 Å². The predicted molar refractivity (Wildman–Crippen MR) is 105 cm³/mol. The maximum Gasteiger partial charge on any atom is 0.200 e. The number of phenolic OH excluding ortho intramolecular Hbond substituents is 1. The molecule has 0 aliphatic carbocycles. The molecular formula is C22H23NO4. The highest BCUT2D eigenvalue weighted by Crippen LogP contribution is 2.29. The lowest BCUT2D eigenvalue weighted by molar-refractivity contribution is -0.0705. The zero-order valence-electron chi connectivity index (χ0n) is 15.5. The van der Waals surface area contributed by atoms with Gasteiger partial charge in [-0.1, -0.05) is 30.3 Å². The van der Waals surface area contributed by atoms with Crippen molar-refractivity contribution in [1.29, 1.82) is 0 Å². The molecule has 0 unspecified atom stereocenters. The molecule has 140 valence electrons. The number of fused-ring (bicyclic) bond motifs is 1. The van der Waals surface area contributed by atoms with E-state index in [0.29, 0.717) is 28.6 Å². The number of ether oxygens (including phenoxy) is 1. The lowest BCUT2D eigenvalue weighted by Gasteiger charge is -2.35. The van der Waals surface area contributed by atoms with Gasteiger partial charge in [0.15, 0.2) is 0 Å². The zero-order chi connectivity index (χ0) is 19.0. The van der Waals surface area contributed by atoms with Crippen LogP contribution in [0.1, 0.15) is 19.4 Å². The number of rotatable bonds is 3. The largest absolute Gasteiger partial charge is 0.507 e. The Labute approximate surface area is 157 Å². The summed E-state index contributed by atoms with van der Waals surface area (Å²) in [5, 5.41) is 10.9. The molecule has 4 rings (SSSR count). The van der Waals surface area contributed by atoms with E-state index >= 15 is 0 Å². The van der Waals surface area contributed by atoms with Gasteiger partial charge in [-0.25, -0.2) is 0 Å². The van der Waals surface area contributed by atoms with Crippen LogP contribution in [-0.4, -0.2) is 35.3 Å². The van der Waals surface area contributed by atoms with Gasteiger partial charge in [-0.05, 0) is 31.5 Å². The second-order valence-corrected chi connectivity index (χ2v) is 7.24. The Balaban J connectivity index is 1.76. The quantitative estimate of drug-likeness (QED) is 0.765. The van der Waals surface area contributed by atoms with Gasteiger partial charge in [0.25, 0.3) is 0 Å². The molecule has 1 N–H and O–H groups in total. The minimum absolute atomic E-state index is 0.0904. The number of hydrogen-bond donors (Lipinski definition) is 1. The highest BCUT2D eigenvalue weighted by molar-refractivity contribution is 5.85. The van der Waals surface area contributed by atoms with Crippen molar-refractivity contribution in [1.82, 2.24) is 4.90 Å².